The molecule has 2 amide bonds. The summed E-state index contributed by atoms with van der Waals surface area (Å²) < 4.78 is 43.2. The molecular weight excluding hydrogens is 373 g/mol. The largest absolute Gasteiger partial charge is 0.496 e. The number of carbonyl (C=O) groups is 2. The lowest BCUT2D eigenvalue weighted by molar-refractivity contribution is -0.137. The predicted molar refractivity (Wildman–Crippen MR) is 90.4 cm³/mol. The van der Waals surface area contributed by atoms with Crippen LogP contribution in [0.25, 0.3) is 0 Å². The molecule has 0 radical (unpaired) electrons. The third-order valence-electron chi connectivity index (χ3n) is 3.33. The smallest absolute Gasteiger partial charge is 0.416 e. The fourth-order valence-electron chi connectivity index (χ4n) is 2.08. The highest BCUT2D eigenvalue weighted by molar-refractivity contribution is 6.33. The van der Waals surface area contributed by atoms with E-state index in [0.29, 0.717) is 5.75 Å². The molecule has 5 nitrogen and oxygen atoms in total. The summed E-state index contributed by atoms with van der Waals surface area (Å²) in [6, 6.07) is 8.96. The molecule has 2 rings (SSSR count). The number of anilines is 1. The first-order chi connectivity index (χ1) is 12.2. The third kappa shape index (κ3) is 4.89. The summed E-state index contributed by atoms with van der Waals surface area (Å²) in [7, 11) is 1.40. The minimum absolute atomic E-state index is 0.0533. The Kier molecular flexibility index (Phi) is 6.10. The van der Waals surface area contributed by atoms with Gasteiger partial charge in [0.25, 0.3) is 5.91 Å². The van der Waals surface area contributed by atoms with Crippen LogP contribution in [0.3, 0.4) is 0 Å². The number of alkyl halides is 3. The number of para-hydroxylation sites is 1. The first kappa shape index (κ1) is 19.6. The zero-order chi connectivity index (χ0) is 19.3. The molecule has 0 aliphatic rings. The van der Waals surface area contributed by atoms with E-state index in [4.69, 9.17) is 16.3 Å². The first-order valence-electron chi connectivity index (χ1n) is 7.30. The van der Waals surface area contributed by atoms with Crippen molar-refractivity contribution in [1.29, 1.82) is 0 Å². The van der Waals surface area contributed by atoms with Crippen LogP contribution in [0.2, 0.25) is 5.02 Å². The standard InChI is InChI=1S/C17H14ClF3N2O3/c1-26-14-5-3-2-4-11(14)16(25)22-9-15(24)23-13-8-10(17(19,20)21)6-7-12(13)18/h2-8H,9H2,1H3,(H,22,25)(H,23,24). The van der Waals surface area contributed by atoms with Crippen molar-refractivity contribution in [2.75, 3.05) is 19.0 Å². The van der Waals surface area contributed by atoms with Gasteiger partial charge in [-0.15, -0.1) is 0 Å². The summed E-state index contributed by atoms with van der Waals surface area (Å²) in [5, 5.41) is 4.55. The van der Waals surface area contributed by atoms with Crippen LogP contribution >= 0.6 is 11.6 Å². The lowest BCUT2D eigenvalue weighted by Gasteiger charge is -2.12. The van der Waals surface area contributed by atoms with Crippen LogP contribution in [0.4, 0.5) is 18.9 Å². The number of hydrogen-bond acceptors (Lipinski definition) is 3. The second kappa shape index (κ2) is 8.09. The van der Waals surface area contributed by atoms with E-state index in [1.54, 1.807) is 18.2 Å². The monoisotopic (exact) mass is 386 g/mol. The molecule has 0 atom stereocenters. The Morgan fingerprint density at radius 1 is 1.15 bits per heavy atom. The lowest BCUT2D eigenvalue weighted by Crippen LogP contribution is -2.33. The van der Waals surface area contributed by atoms with Gasteiger partial charge in [0, 0.05) is 0 Å². The van der Waals surface area contributed by atoms with Crippen LogP contribution in [0.5, 0.6) is 5.75 Å². The molecule has 0 saturated heterocycles. The number of nitrogens with one attached hydrogen (secondary N) is 2. The number of hydrogen-bond donors (Lipinski definition) is 2. The molecular formula is C17H14ClF3N2O3. The Hall–Kier alpha value is -2.74. The molecule has 0 saturated carbocycles. The van der Waals surface area contributed by atoms with Crippen LogP contribution in [0.1, 0.15) is 15.9 Å². The van der Waals surface area contributed by atoms with Crippen LogP contribution in [0.15, 0.2) is 42.5 Å². The Balaban J connectivity index is 2.02. The van der Waals surface area contributed by atoms with Crippen LogP contribution in [0, 0.1) is 0 Å². The molecule has 2 N–H and O–H groups in total. The van der Waals surface area contributed by atoms with Gasteiger partial charge in [0.05, 0.1) is 35.5 Å². The van der Waals surface area contributed by atoms with E-state index >= 15 is 0 Å². The van der Waals surface area contributed by atoms with Crippen molar-refractivity contribution in [1.82, 2.24) is 5.32 Å². The molecule has 0 fully saturated rings. The maximum absolute atomic E-state index is 12.7. The normalized spacial score (nSPS) is 11.0. The molecule has 0 heterocycles. The molecule has 0 aromatic heterocycles. The Labute approximate surface area is 152 Å². The average Bonchev–Trinajstić information content (AvgIpc) is 2.60. The third-order valence-corrected chi connectivity index (χ3v) is 3.66. The molecule has 26 heavy (non-hydrogen) atoms. The van der Waals surface area contributed by atoms with E-state index in [9.17, 15) is 22.8 Å². The highest BCUT2D eigenvalue weighted by atomic mass is 35.5. The number of amides is 2. The number of ether oxygens (including phenoxy) is 1. The van der Waals surface area contributed by atoms with E-state index in [1.807, 2.05) is 0 Å². The fourth-order valence-corrected chi connectivity index (χ4v) is 2.24. The number of benzene rings is 2. The zero-order valence-electron chi connectivity index (χ0n) is 13.5. The average molecular weight is 387 g/mol. The molecule has 0 aliphatic heterocycles. The maximum Gasteiger partial charge on any atom is 0.416 e. The van der Waals surface area contributed by atoms with Gasteiger partial charge in [-0.2, -0.15) is 13.2 Å². The fraction of sp³-hybridized carbons (Fsp3) is 0.176. The van der Waals surface area contributed by atoms with Crippen LogP contribution in [-0.4, -0.2) is 25.5 Å². The Morgan fingerprint density at radius 2 is 1.85 bits per heavy atom. The van der Waals surface area contributed by atoms with Crippen molar-refractivity contribution < 1.29 is 27.5 Å². The van der Waals surface area contributed by atoms with Crippen molar-refractivity contribution in [3.05, 3.63) is 58.6 Å². The van der Waals surface area contributed by atoms with Gasteiger partial charge in [-0.25, -0.2) is 0 Å². The summed E-state index contributed by atoms with van der Waals surface area (Å²) in [5.41, 5.74) is -0.923. The molecule has 0 spiro atoms. The summed E-state index contributed by atoms with van der Waals surface area (Å²) in [4.78, 5) is 24.0. The van der Waals surface area contributed by atoms with Crippen molar-refractivity contribution in [3.63, 3.8) is 0 Å². The van der Waals surface area contributed by atoms with Crippen molar-refractivity contribution in [3.8, 4) is 5.75 Å². The zero-order valence-corrected chi connectivity index (χ0v) is 14.2. The van der Waals surface area contributed by atoms with E-state index in [1.165, 1.54) is 13.2 Å². The number of rotatable bonds is 5. The molecule has 2 aromatic rings. The van der Waals surface area contributed by atoms with Gasteiger partial charge in [-0.3, -0.25) is 9.59 Å². The molecule has 9 heteroatoms. The van der Waals surface area contributed by atoms with Gasteiger partial charge in [0.15, 0.2) is 0 Å². The van der Waals surface area contributed by atoms with Crippen LogP contribution in [-0.2, 0) is 11.0 Å². The number of carbonyl (C=O) groups excluding carboxylic acids is 2. The van der Waals surface area contributed by atoms with Gasteiger partial charge in [-0.05, 0) is 30.3 Å². The Morgan fingerprint density at radius 3 is 2.50 bits per heavy atom. The van der Waals surface area contributed by atoms with Gasteiger partial charge in [0.2, 0.25) is 5.91 Å². The molecule has 0 unspecified atom stereocenters. The molecule has 0 bridgehead atoms. The topological polar surface area (TPSA) is 67.4 Å². The molecule has 138 valence electrons. The summed E-state index contributed by atoms with van der Waals surface area (Å²) >= 11 is 5.80. The van der Waals surface area contributed by atoms with Crippen LogP contribution < -0.4 is 15.4 Å². The first-order valence-corrected chi connectivity index (χ1v) is 7.68. The summed E-state index contributed by atoms with van der Waals surface area (Å²) in [5.74, 6) is -0.964. The van der Waals surface area contributed by atoms with E-state index in [0.717, 1.165) is 18.2 Å². The highest BCUT2D eigenvalue weighted by Crippen LogP contribution is 2.33. The van der Waals surface area contributed by atoms with E-state index < -0.39 is 30.1 Å². The van der Waals surface area contributed by atoms with Gasteiger partial charge in [0.1, 0.15) is 5.75 Å². The predicted octanol–water partition coefficient (Wildman–Crippen LogP) is 3.74. The SMILES string of the molecule is COc1ccccc1C(=O)NCC(=O)Nc1cc(C(F)(F)F)ccc1Cl. The number of methoxy groups -OCH3 is 1. The number of halogens is 4. The second-order valence-corrected chi connectivity index (χ2v) is 5.53. The Bertz CT molecular complexity index is 825. The lowest BCUT2D eigenvalue weighted by atomic mass is 10.2. The quantitative estimate of drug-likeness (QED) is 0.822. The van der Waals surface area contributed by atoms with E-state index in [-0.39, 0.29) is 16.3 Å². The summed E-state index contributed by atoms with van der Waals surface area (Å²) in [6.45, 7) is -0.455. The molecule has 2 aromatic carbocycles. The minimum atomic E-state index is -4.57. The van der Waals surface area contributed by atoms with Gasteiger partial charge >= 0.3 is 6.18 Å². The van der Waals surface area contributed by atoms with Crippen molar-refractivity contribution >= 4 is 29.1 Å². The van der Waals surface area contributed by atoms with Crippen molar-refractivity contribution in [2.24, 2.45) is 0 Å². The van der Waals surface area contributed by atoms with Crippen molar-refractivity contribution in [2.45, 2.75) is 6.18 Å². The molecule has 0 aliphatic carbocycles. The maximum atomic E-state index is 12.7. The minimum Gasteiger partial charge on any atom is -0.496 e. The van der Waals surface area contributed by atoms with Gasteiger partial charge < -0.3 is 15.4 Å². The summed E-state index contributed by atoms with van der Waals surface area (Å²) in [6.07, 6.45) is -4.57. The van der Waals surface area contributed by atoms with E-state index in [2.05, 4.69) is 10.6 Å². The second-order valence-electron chi connectivity index (χ2n) is 5.12. The van der Waals surface area contributed by atoms with Gasteiger partial charge in [-0.1, -0.05) is 23.7 Å². The highest BCUT2D eigenvalue weighted by Gasteiger charge is 2.31.